The number of aromatic hydroxyl groups is 1. The molecule has 3 unspecified atom stereocenters. The second-order valence-electron chi connectivity index (χ2n) is 14.3. The van der Waals surface area contributed by atoms with Crippen LogP contribution in [0.4, 0.5) is 11.4 Å². The average molecular weight is 814 g/mol. The molecular weight excluding hydrogens is 767 g/mol. The number of nitrogens with one attached hydrogen (secondary N) is 2. The first-order valence-electron chi connectivity index (χ1n) is 19.6. The molecule has 2 heterocycles. The number of para-hydroxylation sites is 2. The lowest BCUT2D eigenvalue weighted by molar-refractivity contribution is -0.245. The van der Waals surface area contributed by atoms with Gasteiger partial charge >= 0.3 is 0 Å². The maximum absolute atomic E-state index is 12.6. The summed E-state index contributed by atoms with van der Waals surface area (Å²) in [6.45, 7) is 0.379. The number of anilines is 2. The third kappa shape index (κ3) is 11.3. The van der Waals surface area contributed by atoms with Gasteiger partial charge in [-0.3, -0.25) is 9.59 Å². The first-order valence-corrected chi connectivity index (χ1v) is 20.6. The molecule has 7 rings (SSSR count). The van der Waals surface area contributed by atoms with Crippen molar-refractivity contribution in [2.75, 3.05) is 16.8 Å². The van der Waals surface area contributed by atoms with Crippen LogP contribution in [0.2, 0.25) is 0 Å². The van der Waals surface area contributed by atoms with Crippen LogP contribution in [-0.2, 0) is 32.2 Å². The van der Waals surface area contributed by atoms with Gasteiger partial charge in [0, 0.05) is 37.1 Å². The van der Waals surface area contributed by atoms with Gasteiger partial charge in [0.15, 0.2) is 6.29 Å². The molecule has 1 aliphatic rings. The van der Waals surface area contributed by atoms with E-state index in [1.165, 1.54) is 11.8 Å². The number of nitrogen functional groups attached to an aromatic ring is 1. The fourth-order valence-electron chi connectivity index (χ4n) is 6.77. The van der Waals surface area contributed by atoms with E-state index in [1.807, 2.05) is 78.9 Å². The third-order valence-electron chi connectivity index (χ3n) is 10.0. The molecule has 1 aromatic heterocycles. The predicted molar refractivity (Wildman–Crippen MR) is 226 cm³/mol. The fourth-order valence-corrected chi connectivity index (χ4v) is 7.68. The summed E-state index contributed by atoms with van der Waals surface area (Å²) in [6, 6.07) is 37.9. The number of hydrogen-bond donors (Lipinski definition) is 5. The van der Waals surface area contributed by atoms with Crippen molar-refractivity contribution < 1.29 is 29.3 Å². The normalized spacial score (nSPS) is 16.4. The van der Waals surface area contributed by atoms with Gasteiger partial charge in [0.1, 0.15) is 5.75 Å². The van der Waals surface area contributed by atoms with Crippen LogP contribution in [0, 0.1) is 0 Å². The molecule has 5 aromatic carbocycles. The zero-order valence-corrected chi connectivity index (χ0v) is 33.3. The number of phenolic OH excluding ortho intramolecular Hbond substituents is 1. The van der Waals surface area contributed by atoms with Gasteiger partial charge in [0.05, 0.1) is 35.9 Å². The van der Waals surface area contributed by atoms with Gasteiger partial charge in [-0.15, -0.1) is 5.10 Å². The van der Waals surface area contributed by atoms with Gasteiger partial charge in [-0.1, -0.05) is 97.0 Å². The second kappa shape index (κ2) is 20.1. The number of phenols is 1. The van der Waals surface area contributed by atoms with E-state index in [0.29, 0.717) is 60.9 Å². The highest BCUT2D eigenvalue weighted by atomic mass is 32.2. The summed E-state index contributed by atoms with van der Waals surface area (Å²) < 4.78 is 14.8. The lowest BCUT2D eigenvalue weighted by Gasteiger charge is -2.36. The number of amides is 2. The lowest BCUT2D eigenvalue weighted by atomic mass is 9.99. The minimum atomic E-state index is -0.633. The maximum atomic E-state index is 12.6. The molecule has 14 heteroatoms. The van der Waals surface area contributed by atoms with E-state index >= 15 is 0 Å². The molecule has 0 aliphatic carbocycles. The molecule has 2 amide bonds. The highest BCUT2D eigenvalue weighted by Crippen LogP contribution is 2.40. The Morgan fingerprint density at radius 1 is 0.797 bits per heavy atom. The first kappa shape index (κ1) is 41.1. The Balaban J connectivity index is 0.930. The monoisotopic (exact) mass is 813 g/mol. The van der Waals surface area contributed by atoms with Crippen LogP contribution in [0.5, 0.6) is 5.75 Å². The number of carbonyl (C=O) groups is 2. The number of aromatic nitrogens is 4. The van der Waals surface area contributed by atoms with Crippen molar-refractivity contribution in [2.45, 2.75) is 75.3 Å². The Hall–Kier alpha value is -6.06. The number of carbonyl (C=O) groups excluding carboxylic acids is 2. The molecule has 1 saturated heterocycles. The summed E-state index contributed by atoms with van der Waals surface area (Å²) in [7, 11) is 0. The fraction of sp³-hybridized carbons (Fsp3) is 0.267. The van der Waals surface area contributed by atoms with Crippen LogP contribution in [-0.4, -0.2) is 54.1 Å². The molecule has 13 nitrogen and oxygen atoms in total. The zero-order chi connectivity index (χ0) is 41.0. The summed E-state index contributed by atoms with van der Waals surface area (Å²) >= 11 is 1.48. The summed E-state index contributed by atoms with van der Waals surface area (Å²) in [5.74, 6) is 0.615. The Morgan fingerprint density at radius 2 is 1.54 bits per heavy atom. The van der Waals surface area contributed by atoms with Crippen LogP contribution in [0.25, 0.3) is 16.8 Å². The summed E-state index contributed by atoms with van der Waals surface area (Å²) in [5, 5.41) is 38.0. The number of thioether (sulfide) groups is 1. The smallest absolute Gasteiger partial charge is 0.224 e. The van der Waals surface area contributed by atoms with E-state index in [9.17, 15) is 19.8 Å². The molecular formula is C45H47N7O6S. The minimum Gasteiger partial charge on any atom is -0.508 e. The van der Waals surface area contributed by atoms with E-state index in [1.54, 1.807) is 41.1 Å². The van der Waals surface area contributed by atoms with E-state index in [-0.39, 0.29) is 36.4 Å². The number of hydrogen-bond acceptors (Lipinski definition) is 11. The van der Waals surface area contributed by atoms with Crippen molar-refractivity contribution in [2.24, 2.45) is 0 Å². The van der Waals surface area contributed by atoms with Gasteiger partial charge in [-0.25, -0.2) is 0 Å². The molecule has 6 aromatic rings. The van der Waals surface area contributed by atoms with E-state index < -0.39 is 6.29 Å². The van der Waals surface area contributed by atoms with Gasteiger partial charge < -0.3 is 36.1 Å². The van der Waals surface area contributed by atoms with Crippen molar-refractivity contribution >= 4 is 35.0 Å². The number of aliphatic hydroxyl groups excluding tert-OH is 1. The molecule has 59 heavy (non-hydrogen) atoms. The van der Waals surface area contributed by atoms with Crippen LogP contribution < -0.4 is 16.4 Å². The largest absolute Gasteiger partial charge is 0.508 e. The van der Waals surface area contributed by atoms with Crippen molar-refractivity contribution in [3.8, 4) is 22.6 Å². The number of nitrogens with zero attached hydrogens (tertiary/aromatic N) is 4. The number of benzene rings is 5. The highest BCUT2D eigenvalue weighted by Gasteiger charge is 2.33. The number of ether oxygens (including phenoxy) is 2. The van der Waals surface area contributed by atoms with E-state index in [2.05, 4.69) is 32.2 Å². The number of rotatable bonds is 17. The number of aliphatic hydroxyl groups is 1. The summed E-state index contributed by atoms with van der Waals surface area (Å²) in [5.41, 5.74) is 13.5. The number of unbranched alkanes of at least 4 members (excludes halogenated alkanes) is 2. The summed E-state index contributed by atoms with van der Waals surface area (Å²) in [6.07, 6.45) is 2.45. The molecule has 304 valence electrons. The Kier molecular flexibility index (Phi) is 14.0. The summed E-state index contributed by atoms with van der Waals surface area (Å²) in [4.78, 5) is 24.9. The third-order valence-corrected chi connectivity index (χ3v) is 11.1. The number of tetrazole rings is 1. The van der Waals surface area contributed by atoms with E-state index in [4.69, 9.17) is 15.2 Å². The van der Waals surface area contributed by atoms with Gasteiger partial charge in [0.2, 0.25) is 17.0 Å². The van der Waals surface area contributed by atoms with Crippen LogP contribution in [0.15, 0.2) is 126 Å². The van der Waals surface area contributed by atoms with Gasteiger partial charge in [-0.05, 0) is 93.6 Å². The van der Waals surface area contributed by atoms with Crippen LogP contribution in [0.1, 0.15) is 73.2 Å². The Labute approximate surface area is 347 Å². The molecule has 0 radical (unpaired) electrons. The Bertz CT molecular complexity index is 2300. The molecule has 1 aliphatic heterocycles. The van der Waals surface area contributed by atoms with Crippen molar-refractivity contribution in [3.63, 3.8) is 0 Å². The zero-order valence-electron chi connectivity index (χ0n) is 32.4. The molecule has 0 saturated carbocycles. The van der Waals surface area contributed by atoms with E-state index in [0.717, 1.165) is 45.5 Å². The molecule has 1 fully saturated rings. The second-order valence-corrected chi connectivity index (χ2v) is 15.3. The van der Waals surface area contributed by atoms with Gasteiger partial charge in [0.25, 0.3) is 0 Å². The van der Waals surface area contributed by atoms with Crippen molar-refractivity contribution in [1.29, 1.82) is 0 Å². The molecule has 6 N–H and O–H groups in total. The maximum Gasteiger partial charge on any atom is 0.224 e. The lowest BCUT2D eigenvalue weighted by Crippen LogP contribution is -2.31. The highest BCUT2D eigenvalue weighted by molar-refractivity contribution is 7.99. The predicted octanol–water partition coefficient (Wildman–Crippen LogP) is 7.65. The minimum absolute atomic E-state index is 0.0241. The first-order chi connectivity index (χ1) is 28.8. The van der Waals surface area contributed by atoms with Crippen molar-refractivity contribution in [3.05, 3.63) is 144 Å². The van der Waals surface area contributed by atoms with Crippen LogP contribution >= 0.6 is 11.8 Å². The molecule has 3 atom stereocenters. The number of nitrogens with two attached hydrogens (primary N) is 1. The topological polar surface area (TPSA) is 187 Å². The quantitative estimate of drug-likeness (QED) is 0.0346. The van der Waals surface area contributed by atoms with Crippen LogP contribution in [0.3, 0.4) is 0 Å². The standard InChI is InChI=1S/C45H47N7O6S/c46-39-9-4-5-10-40(39)48-43(56)12-3-1-2-11-42(55)47-27-31-7-6-8-35(25-31)32-17-19-34(20-18-32)44-57-38(26-41(58-44)33-15-13-30(28-53)14-16-33)29-59-45-49-50-51-52(45)36-21-23-37(54)24-22-36/h4-10,13-25,38,41,44,53-54H,1-3,11-12,26-29,46H2,(H,47,55)(H,48,56). The SMILES string of the molecule is Nc1ccccc1NC(=O)CCCCCC(=O)NCc1cccc(-c2ccc(C3OC(CSc4nnnn4-c4ccc(O)cc4)CC(c4ccc(CO)cc4)O3)cc2)c1. The molecule has 0 bridgehead atoms. The van der Waals surface area contributed by atoms with Crippen molar-refractivity contribution in [1.82, 2.24) is 25.5 Å². The Morgan fingerprint density at radius 3 is 2.31 bits per heavy atom. The van der Waals surface area contributed by atoms with Gasteiger partial charge in [-0.2, -0.15) is 4.68 Å². The molecule has 0 spiro atoms. The average Bonchev–Trinajstić information content (AvgIpc) is 3.75.